The first kappa shape index (κ1) is 17.1. The quantitative estimate of drug-likeness (QED) is 0.481. The van der Waals surface area contributed by atoms with E-state index in [0.29, 0.717) is 27.2 Å². The molecule has 0 saturated heterocycles. The topological polar surface area (TPSA) is 73.6 Å². The van der Waals surface area contributed by atoms with Gasteiger partial charge in [0.25, 0.3) is 5.91 Å². The van der Waals surface area contributed by atoms with Gasteiger partial charge in [-0.3, -0.25) is 10.1 Å². The molecule has 0 aliphatic carbocycles. The number of thiazole rings is 1. The molecular formula is C20H13ClN2O4S. The van der Waals surface area contributed by atoms with Crippen molar-refractivity contribution in [1.29, 1.82) is 0 Å². The fraction of sp³-hybridized carbons (Fsp3) is 0.100. The van der Waals surface area contributed by atoms with E-state index in [2.05, 4.69) is 10.3 Å². The zero-order valence-corrected chi connectivity index (χ0v) is 16.2. The van der Waals surface area contributed by atoms with Gasteiger partial charge in [0, 0.05) is 21.9 Å². The largest absolute Gasteiger partial charge is 0.454 e. The Balaban J connectivity index is 1.41. The highest BCUT2D eigenvalue weighted by Crippen LogP contribution is 2.37. The molecule has 1 amide bonds. The number of rotatable bonds is 3. The van der Waals surface area contributed by atoms with E-state index in [0.717, 1.165) is 22.2 Å². The Labute approximate surface area is 168 Å². The highest BCUT2D eigenvalue weighted by molar-refractivity contribution is 7.14. The van der Waals surface area contributed by atoms with Crippen LogP contribution in [0.1, 0.15) is 16.1 Å². The predicted molar refractivity (Wildman–Crippen MR) is 108 cm³/mol. The number of para-hydroxylation sites is 1. The van der Waals surface area contributed by atoms with E-state index < -0.39 is 0 Å². The van der Waals surface area contributed by atoms with Crippen LogP contribution in [0.2, 0.25) is 5.02 Å². The molecule has 28 heavy (non-hydrogen) atoms. The number of carbonyl (C=O) groups excluding carboxylic acids is 1. The van der Waals surface area contributed by atoms with Gasteiger partial charge in [0.2, 0.25) is 6.79 Å². The normalized spacial score (nSPS) is 12.5. The number of nitrogens with zero attached hydrogens (tertiary/aromatic N) is 1. The van der Waals surface area contributed by atoms with Crippen LogP contribution < -0.4 is 14.8 Å². The molecule has 0 unspecified atom stereocenters. The average molecular weight is 413 g/mol. The summed E-state index contributed by atoms with van der Waals surface area (Å²) >= 11 is 7.50. The van der Waals surface area contributed by atoms with Gasteiger partial charge in [0.15, 0.2) is 28.0 Å². The zero-order valence-electron chi connectivity index (χ0n) is 14.6. The second-order valence-corrected chi connectivity index (χ2v) is 7.50. The summed E-state index contributed by atoms with van der Waals surface area (Å²) in [6.45, 7) is 2.05. The first-order chi connectivity index (χ1) is 13.6. The fourth-order valence-electron chi connectivity index (χ4n) is 3.10. The summed E-state index contributed by atoms with van der Waals surface area (Å²) in [6, 6.07) is 11.0. The lowest BCUT2D eigenvalue weighted by molar-refractivity contribution is 0.0998. The summed E-state index contributed by atoms with van der Waals surface area (Å²) in [7, 11) is 0. The number of amides is 1. The number of aromatic nitrogens is 1. The maximum absolute atomic E-state index is 12.7. The van der Waals surface area contributed by atoms with Crippen LogP contribution in [0.25, 0.3) is 22.2 Å². The number of halogens is 1. The molecule has 0 atom stereocenters. The number of fused-ring (bicyclic) bond motifs is 2. The van der Waals surface area contributed by atoms with Gasteiger partial charge in [-0.05, 0) is 31.2 Å². The van der Waals surface area contributed by atoms with Crippen molar-refractivity contribution < 1.29 is 18.7 Å². The van der Waals surface area contributed by atoms with Gasteiger partial charge in [-0.15, -0.1) is 11.3 Å². The number of furan rings is 1. The van der Waals surface area contributed by atoms with Crippen LogP contribution in [0.3, 0.4) is 0 Å². The van der Waals surface area contributed by atoms with Crippen LogP contribution in [-0.2, 0) is 0 Å². The smallest absolute Gasteiger partial charge is 0.293 e. The van der Waals surface area contributed by atoms with Crippen molar-refractivity contribution >= 4 is 44.9 Å². The average Bonchev–Trinajstić information content (AvgIpc) is 3.41. The van der Waals surface area contributed by atoms with Gasteiger partial charge in [-0.2, -0.15) is 0 Å². The number of aryl methyl sites for hydroxylation is 1. The minimum absolute atomic E-state index is 0.220. The Morgan fingerprint density at radius 3 is 2.93 bits per heavy atom. The minimum Gasteiger partial charge on any atom is -0.454 e. The number of carbonyl (C=O) groups is 1. The number of ether oxygens (including phenoxy) is 2. The van der Waals surface area contributed by atoms with Crippen molar-refractivity contribution in [3.8, 4) is 22.8 Å². The maximum atomic E-state index is 12.7. The highest BCUT2D eigenvalue weighted by Gasteiger charge is 2.20. The molecule has 0 spiro atoms. The summed E-state index contributed by atoms with van der Waals surface area (Å²) in [5.74, 6) is 1.26. The molecule has 2 aromatic heterocycles. The lowest BCUT2D eigenvalue weighted by Crippen LogP contribution is -2.11. The van der Waals surface area contributed by atoms with E-state index in [4.69, 9.17) is 25.5 Å². The summed E-state index contributed by atoms with van der Waals surface area (Å²) in [5, 5.41) is 6.43. The number of nitrogens with one attached hydrogen (secondary N) is 1. The maximum Gasteiger partial charge on any atom is 0.293 e. The van der Waals surface area contributed by atoms with Crippen molar-refractivity contribution in [3.05, 3.63) is 58.1 Å². The first-order valence-corrected chi connectivity index (χ1v) is 9.70. The number of hydrogen-bond acceptors (Lipinski definition) is 6. The Hall–Kier alpha value is -3.03. The molecule has 0 radical (unpaired) electrons. The van der Waals surface area contributed by atoms with Crippen LogP contribution in [0.4, 0.5) is 5.13 Å². The van der Waals surface area contributed by atoms with Crippen molar-refractivity contribution in [2.45, 2.75) is 6.92 Å². The molecule has 4 aromatic rings. The van der Waals surface area contributed by atoms with Gasteiger partial charge in [0.1, 0.15) is 0 Å². The second-order valence-electron chi connectivity index (χ2n) is 6.23. The molecule has 6 nitrogen and oxygen atoms in total. The molecule has 0 bridgehead atoms. The van der Waals surface area contributed by atoms with Crippen LogP contribution in [0, 0.1) is 6.92 Å². The summed E-state index contributed by atoms with van der Waals surface area (Å²) in [5.41, 5.74) is 2.87. The third-order valence-electron chi connectivity index (χ3n) is 4.51. The molecule has 0 fully saturated rings. The lowest BCUT2D eigenvalue weighted by Gasteiger charge is -2.01. The number of benzene rings is 2. The number of anilines is 1. The third-order valence-corrected chi connectivity index (χ3v) is 5.57. The SMILES string of the molecule is Cc1c(C(=O)Nc2nc(-c3ccc4c(c3)OCO4)cs2)oc2c(Cl)cccc12. The van der Waals surface area contributed by atoms with Crippen molar-refractivity contribution in [2.75, 3.05) is 12.1 Å². The van der Waals surface area contributed by atoms with Gasteiger partial charge < -0.3 is 13.9 Å². The fourth-order valence-corrected chi connectivity index (χ4v) is 4.03. The lowest BCUT2D eigenvalue weighted by atomic mass is 10.1. The Kier molecular flexibility index (Phi) is 3.99. The Morgan fingerprint density at radius 1 is 1.21 bits per heavy atom. The molecule has 140 valence electrons. The highest BCUT2D eigenvalue weighted by atomic mass is 35.5. The van der Waals surface area contributed by atoms with E-state index >= 15 is 0 Å². The van der Waals surface area contributed by atoms with Gasteiger partial charge >= 0.3 is 0 Å². The molecule has 3 heterocycles. The van der Waals surface area contributed by atoms with Crippen molar-refractivity contribution in [2.24, 2.45) is 0 Å². The van der Waals surface area contributed by atoms with E-state index in [-0.39, 0.29) is 18.5 Å². The Morgan fingerprint density at radius 2 is 2.07 bits per heavy atom. The van der Waals surface area contributed by atoms with Crippen molar-refractivity contribution in [3.63, 3.8) is 0 Å². The van der Waals surface area contributed by atoms with Gasteiger partial charge in [-0.25, -0.2) is 4.98 Å². The molecule has 8 heteroatoms. The third kappa shape index (κ3) is 2.80. The molecule has 1 aliphatic rings. The molecule has 1 aliphatic heterocycles. The summed E-state index contributed by atoms with van der Waals surface area (Å²) < 4.78 is 16.4. The Bertz CT molecular complexity index is 1230. The van der Waals surface area contributed by atoms with E-state index in [1.807, 2.05) is 42.6 Å². The van der Waals surface area contributed by atoms with Gasteiger partial charge in [0.05, 0.1) is 10.7 Å². The van der Waals surface area contributed by atoms with Crippen LogP contribution in [-0.4, -0.2) is 17.7 Å². The van der Waals surface area contributed by atoms with Crippen LogP contribution in [0.15, 0.2) is 46.2 Å². The summed E-state index contributed by atoms with van der Waals surface area (Å²) in [4.78, 5) is 17.2. The van der Waals surface area contributed by atoms with Gasteiger partial charge in [-0.1, -0.05) is 23.7 Å². The van der Waals surface area contributed by atoms with Crippen LogP contribution in [0.5, 0.6) is 11.5 Å². The number of hydrogen-bond donors (Lipinski definition) is 1. The standard InChI is InChI=1S/C20H13ClN2O4S/c1-10-12-3-2-4-13(21)18(12)27-17(10)19(24)23-20-22-14(8-28-20)11-5-6-15-16(7-11)26-9-25-15/h2-8H,9H2,1H3,(H,22,23,24). The van der Waals surface area contributed by atoms with E-state index in [1.165, 1.54) is 11.3 Å². The molecule has 2 aromatic carbocycles. The molecular weight excluding hydrogens is 400 g/mol. The van der Waals surface area contributed by atoms with E-state index in [9.17, 15) is 4.79 Å². The zero-order chi connectivity index (χ0) is 19.3. The molecule has 0 saturated carbocycles. The van der Waals surface area contributed by atoms with E-state index in [1.54, 1.807) is 6.07 Å². The first-order valence-electron chi connectivity index (χ1n) is 8.44. The van der Waals surface area contributed by atoms with Crippen molar-refractivity contribution in [1.82, 2.24) is 4.98 Å². The molecule has 5 rings (SSSR count). The minimum atomic E-state index is -0.364. The monoisotopic (exact) mass is 412 g/mol. The second kappa shape index (κ2) is 6.54. The molecule has 1 N–H and O–H groups in total. The summed E-state index contributed by atoms with van der Waals surface area (Å²) in [6.07, 6.45) is 0. The van der Waals surface area contributed by atoms with Crippen LogP contribution >= 0.6 is 22.9 Å². The predicted octanol–water partition coefficient (Wildman–Crippen LogP) is 5.50.